The summed E-state index contributed by atoms with van der Waals surface area (Å²) in [7, 11) is 3.66. The molecule has 1 aromatic heterocycles. The van der Waals surface area contributed by atoms with Gasteiger partial charge in [-0.15, -0.1) is 0 Å². The Morgan fingerprint density at radius 1 is 1.04 bits per heavy atom. The lowest BCUT2D eigenvalue weighted by atomic mass is 9.85. The molecule has 1 unspecified atom stereocenters. The molecular weight excluding hydrogens is 576 g/mol. The summed E-state index contributed by atoms with van der Waals surface area (Å²) in [5, 5.41) is 18.6. The summed E-state index contributed by atoms with van der Waals surface area (Å²) in [4.78, 5) is 29.0. The van der Waals surface area contributed by atoms with Gasteiger partial charge in [0.1, 0.15) is 17.0 Å². The van der Waals surface area contributed by atoms with Crippen LogP contribution >= 0.6 is 0 Å². The second-order valence-corrected chi connectivity index (χ2v) is 13.9. The normalized spacial score (nSPS) is 20.2. The molecule has 3 aliphatic rings. The van der Waals surface area contributed by atoms with E-state index in [2.05, 4.69) is 35.8 Å². The summed E-state index contributed by atoms with van der Waals surface area (Å²) >= 11 is 0. The zero-order valence-electron chi connectivity index (χ0n) is 27.6. The maximum Gasteiger partial charge on any atom is 0.274 e. The van der Waals surface area contributed by atoms with E-state index in [1.165, 1.54) is 18.4 Å². The number of nitrogens with zero attached hydrogens (tertiary/aromatic N) is 2. The molecule has 2 aromatic carbocycles. The van der Waals surface area contributed by atoms with Crippen LogP contribution in [0.5, 0.6) is 5.75 Å². The molecular formula is C38H50N4O4. The zero-order chi connectivity index (χ0) is 32.3. The number of aromatic nitrogens is 1. The van der Waals surface area contributed by atoms with Crippen molar-refractivity contribution in [2.45, 2.75) is 107 Å². The van der Waals surface area contributed by atoms with Gasteiger partial charge >= 0.3 is 0 Å². The van der Waals surface area contributed by atoms with Gasteiger partial charge < -0.3 is 29.9 Å². The summed E-state index contributed by atoms with van der Waals surface area (Å²) in [6.07, 6.45) is 11.7. The van der Waals surface area contributed by atoms with Crippen LogP contribution in [0.25, 0.3) is 0 Å². The summed E-state index contributed by atoms with van der Waals surface area (Å²) < 4.78 is 8.40. The SMILES string of the molecule is CCc1ccc2c(c1)C(NC[C@@H](O)[C@H](Cc1ccccc1)NC(=O)c1cc(N(C)C)c(=O)n(C3CCCC3)c1)CC1(CCCC1)O2. The molecule has 246 valence electrons. The molecule has 8 heteroatoms. The molecule has 2 saturated carbocycles. The van der Waals surface area contributed by atoms with E-state index < -0.39 is 12.1 Å². The summed E-state index contributed by atoms with van der Waals surface area (Å²) in [5.74, 6) is 0.657. The molecule has 6 rings (SSSR count). The third kappa shape index (κ3) is 7.03. The van der Waals surface area contributed by atoms with E-state index in [0.29, 0.717) is 24.2 Å². The van der Waals surface area contributed by atoms with Crippen molar-refractivity contribution in [2.75, 3.05) is 25.5 Å². The fraction of sp³-hybridized carbons (Fsp3) is 0.526. The Hall–Kier alpha value is -3.62. The number of pyridine rings is 1. The van der Waals surface area contributed by atoms with E-state index in [0.717, 1.165) is 68.2 Å². The lowest BCUT2D eigenvalue weighted by molar-refractivity contribution is 0.0326. The number of anilines is 1. The van der Waals surface area contributed by atoms with Crippen LogP contribution in [0.15, 0.2) is 65.6 Å². The maximum atomic E-state index is 13.9. The molecule has 0 bridgehead atoms. The van der Waals surface area contributed by atoms with Crippen molar-refractivity contribution in [1.29, 1.82) is 0 Å². The van der Waals surface area contributed by atoms with Crippen molar-refractivity contribution in [3.63, 3.8) is 0 Å². The van der Waals surface area contributed by atoms with Crippen molar-refractivity contribution >= 4 is 11.6 Å². The lowest BCUT2D eigenvalue weighted by Crippen LogP contribution is -2.50. The van der Waals surface area contributed by atoms with Crippen LogP contribution in [0.4, 0.5) is 5.69 Å². The maximum absolute atomic E-state index is 13.9. The number of nitrogens with one attached hydrogen (secondary N) is 2. The number of ether oxygens (including phenoxy) is 1. The standard InChI is InChI=1S/C38H50N4O4/c1-4-26-16-17-35-30(20-26)32(23-38(46-35)18-10-11-19-38)39-24-34(43)31(21-27-12-6-5-7-13-27)40-36(44)28-22-33(41(2)3)37(45)42(25-28)29-14-8-9-15-29/h5-7,12-13,16-17,20,22,25,29,31-32,34,39,43H,4,8-11,14-15,18-19,21,23-24H2,1-3H3,(H,40,44)/t31-,32?,34+/m0/s1. The predicted molar refractivity (Wildman–Crippen MR) is 183 cm³/mol. The van der Waals surface area contributed by atoms with Crippen molar-refractivity contribution in [3.05, 3.63) is 93.4 Å². The van der Waals surface area contributed by atoms with Gasteiger partial charge in [0.25, 0.3) is 11.5 Å². The lowest BCUT2D eigenvalue weighted by Gasteiger charge is -2.41. The minimum Gasteiger partial charge on any atom is -0.487 e. The van der Waals surface area contributed by atoms with Gasteiger partial charge in [0.2, 0.25) is 0 Å². The van der Waals surface area contributed by atoms with E-state index in [9.17, 15) is 14.7 Å². The zero-order valence-corrected chi connectivity index (χ0v) is 27.6. The average Bonchev–Trinajstić information content (AvgIpc) is 3.76. The molecule has 0 radical (unpaired) electrons. The molecule has 2 heterocycles. The first kappa shape index (κ1) is 32.3. The number of fused-ring (bicyclic) bond motifs is 1. The quantitative estimate of drug-likeness (QED) is 0.252. The van der Waals surface area contributed by atoms with Crippen molar-refractivity contribution in [3.8, 4) is 5.75 Å². The first-order valence-corrected chi connectivity index (χ1v) is 17.3. The second-order valence-electron chi connectivity index (χ2n) is 13.9. The largest absolute Gasteiger partial charge is 0.487 e. The monoisotopic (exact) mass is 626 g/mol. The summed E-state index contributed by atoms with van der Waals surface area (Å²) in [6, 6.07) is 17.8. The van der Waals surface area contributed by atoms with Gasteiger partial charge in [-0.2, -0.15) is 0 Å². The van der Waals surface area contributed by atoms with Gasteiger partial charge in [0.15, 0.2) is 0 Å². The Kier molecular flexibility index (Phi) is 9.85. The highest BCUT2D eigenvalue weighted by Crippen LogP contribution is 2.47. The molecule has 3 N–H and O–H groups in total. The molecule has 1 amide bonds. The van der Waals surface area contributed by atoms with Crippen LogP contribution in [0.2, 0.25) is 0 Å². The van der Waals surface area contributed by atoms with Gasteiger partial charge in [0.05, 0.1) is 17.7 Å². The molecule has 3 aromatic rings. The molecule has 8 nitrogen and oxygen atoms in total. The number of aliphatic hydroxyl groups is 1. The number of hydrogen-bond acceptors (Lipinski definition) is 6. The summed E-state index contributed by atoms with van der Waals surface area (Å²) in [6.45, 7) is 2.48. The smallest absolute Gasteiger partial charge is 0.274 e. The third-order valence-corrected chi connectivity index (χ3v) is 10.4. The summed E-state index contributed by atoms with van der Waals surface area (Å²) in [5.41, 5.74) is 4.15. The number of aryl methyl sites for hydroxylation is 1. The molecule has 2 fully saturated rings. The van der Waals surface area contributed by atoms with Crippen molar-refractivity contribution in [2.24, 2.45) is 0 Å². The first-order valence-electron chi connectivity index (χ1n) is 17.3. The number of carbonyl (C=O) groups excluding carboxylic acids is 1. The highest BCUT2D eigenvalue weighted by atomic mass is 16.5. The topological polar surface area (TPSA) is 95.8 Å². The van der Waals surface area contributed by atoms with E-state index in [1.54, 1.807) is 21.7 Å². The molecule has 0 saturated heterocycles. The van der Waals surface area contributed by atoms with Crippen LogP contribution in [-0.2, 0) is 12.8 Å². The molecule has 3 atom stereocenters. The predicted octanol–water partition coefficient (Wildman–Crippen LogP) is 5.72. The first-order chi connectivity index (χ1) is 22.2. The van der Waals surface area contributed by atoms with Gasteiger partial charge in [-0.1, -0.05) is 62.2 Å². The minimum absolute atomic E-state index is 0.0497. The van der Waals surface area contributed by atoms with Crippen molar-refractivity contribution < 1.29 is 14.6 Å². The van der Waals surface area contributed by atoms with E-state index in [-0.39, 0.29) is 29.2 Å². The Morgan fingerprint density at radius 3 is 2.48 bits per heavy atom. The molecule has 46 heavy (non-hydrogen) atoms. The van der Waals surface area contributed by atoms with Crippen LogP contribution in [0.1, 0.15) is 104 Å². The van der Waals surface area contributed by atoms with E-state index in [1.807, 2.05) is 44.4 Å². The Bertz CT molecular complexity index is 1560. The molecule has 1 aliphatic heterocycles. The van der Waals surface area contributed by atoms with Gasteiger partial charge in [-0.25, -0.2) is 0 Å². The van der Waals surface area contributed by atoms with Gasteiger partial charge in [0, 0.05) is 50.9 Å². The fourth-order valence-electron chi connectivity index (χ4n) is 7.74. The van der Waals surface area contributed by atoms with Crippen LogP contribution in [0, 0.1) is 0 Å². The van der Waals surface area contributed by atoms with Gasteiger partial charge in [-0.3, -0.25) is 9.59 Å². The third-order valence-electron chi connectivity index (χ3n) is 10.4. The minimum atomic E-state index is -0.849. The number of carbonyl (C=O) groups is 1. The number of aliphatic hydroxyl groups excluding tert-OH is 1. The number of hydrogen-bond donors (Lipinski definition) is 3. The number of benzene rings is 2. The van der Waals surface area contributed by atoms with Crippen molar-refractivity contribution in [1.82, 2.24) is 15.2 Å². The second kappa shape index (κ2) is 14.0. The van der Waals surface area contributed by atoms with Crippen LogP contribution in [-0.4, -0.2) is 54.0 Å². The highest BCUT2D eigenvalue weighted by molar-refractivity contribution is 5.95. The van der Waals surface area contributed by atoms with Crippen LogP contribution < -0.4 is 25.8 Å². The Labute approximate surface area is 273 Å². The van der Waals surface area contributed by atoms with Crippen LogP contribution in [0.3, 0.4) is 0 Å². The highest BCUT2D eigenvalue weighted by Gasteiger charge is 2.43. The van der Waals surface area contributed by atoms with E-state index >= 15 is 0 Å². The Morgan fingerprint density at radius 2 is 1.78 bits per heavy atom. The van der Waals surface area contributed by atoms with Gasteiger partial charge in [-0.05, 0) is 74.6 Å². The molecule has 2 aliphatic carbocycles. The Balaban J connectivity index is 1.24. The van der Waals surface area contributed by atoms with E-state index in [4.69, 9.17) is 4.74 Å². The fourth-order valence-corrected chi connectivity index (χ4v) is 7.74. The number of rotatable bonds is 11. The number of amides is 1. The average molecular weight is 627 g/mol. The molecule has 1 spiro atoms.